The summed E-state index contributed by atoms with van der Waals surface area (Å²) in [7, 11) is 6.13. The van der Waals surface area contributed by atoms with E-state index in [9.17, 15) is 0 Å². The van der Waals surface area contributed by atoms with E-state index in [0.717, 1.165) is 22.4 Å². The van der Waals surface area contributed by atoms with Crippen LogP contribution in [0.5, 0.6) is 0 Å². The molecule has 0 atom stereocenters. The van der Waals surface area contributed by atoms with Gasteiger partial charge in [0.15, 0.2) is 0 Å². The zero-order chi connectivity index (χ0) is 37.9. The van der Waals surface area contributed by atoms with Crippen molar-refractivity contribution in [2.75, 3.05) is 0 Å². The molecule has 4 aromatic heterocycles. The molecule has 0 saturated heterocycles. The van der Waals surface area contributed by atoms with Crippen LogP contribution in [-0.4, -0.2) is 33.6 Å². The molecular formula is C43H59N7S. The Morgan fingerprint density at radius 1 is 0.549 bits per heavy atom. The van der Waals surface area contributed by atoms with E-state index in [4.69, 9.17) is 0 Å². The molecular weight excluding hydrogens is 647 g/mol. The van der Waals surface area contributed by atoms with Crippen LogP contribution in [-0.2, 0) is 42.8 Å². The molecule has 0 aliphatic heterocycles. The minimum absolute atomic E-state index is 0.105. The first-order chi connectivity index (χ1) is 23.6. The predicted octanol–water partition coefficient (Wildman–Crippen LogP) is 11.1. The van der Waals surface area contributed by atoms with Gasteiger partial charge in [-0.1, -0.05) is 113 Å². The first-order valence-electron chi connectivity index (χ1n) is 17.7. The average Bonchev–Trinajstić information content (AvgIpc) is 3.85. The number of thiazole rings is 1. The monoisotopic (exact) mass is 705 g/mol. The minimum Gasteiger partial charge on any atom is -0.334 e. The molecule has 272 valence electrons. The molecule has 0 bridgehead atoms. The van der Waals surface area contributed by atoms with E-state index in [1.807, 2.05) is 49.0 Å². The first kappa shape index (κ1) is 39.5. The molecule has 0 fully saturated rings. The molecule has 0 amide bonds. The number of para-hydroxylation sites is 3. The van der Waals surface area contributed by atoms with Crippen molar-refractivity contribution in [1.29, 1.82) is 0 Å². The quantitative estimate of drug-likeness (QED) is 0.158. The van der Waals surface area contributed by atoms with Crippen LogP contribution in [0.1, 0.15) is 105 Å². The van der Waals surface area contributed by atoms with Gasteiger partial charge in [0, 0.05) is 43.5 Å². The maximum absolute atomic E-state index is 4.65. The summed E-state index contributed by atoms with van der Waals surface area (Å²) >= 11 is 1.72. The van der Waals surface area contributed by atoms with Gasteiger partial charge in [0.25, 0.3) is 0 Å². The molecule has 0 spiro atoms. The zero-order valence-electron chi connectivity index (χ0n) is 33.6. The topological polar surface area (TPSA) is 66.3 Å². The number of fused-ring (bicyclic) bond motifs is 3. The molecule has 51 heavy (non-hydrogen) atoms. The number of aromatic nitrogens is 7. The lowest BCUT2D eigenvalue weighted by atomic mass is 9.86. The fraction of sp³-hybridized carbons (Fsp3) is 0.442. The summed E-state index contributed by atoms with van der Waals surface area (Å²) in [4.78, 5) is 17.7. The summed E-state index contributed by atoms with van der Waals surface area (Å²) in [6, 6.07) is 21.1. The first-order valence-corrected chi connectivity index (χ1v) is 18.6. The van der Waals surface area contributed by atoms with E-state index in [2.05, 4.69) is 174 Å². The predicted molar refractivity (Wildman–Crippen MR) is 219 cm³/mol. The Morgan fingerprint density at radius 2 is 1.18 bits per heavy atom. The Morgan fingerprint density at radius 3 is 1.73 bits per heavy atom. The molecule has 3 aromatic carbocycles. The fourth-order valence-electron chi connectivity index (χ4n) is 5.78. The van der Waals surface area contributed by atoms with Crippen molar-refractivity contribution < 1.29 is 0 Å². The van der Waals surface area contributed by atoms with E-state index >= 15 is 0 Å². The van der Waals surface area contributed by atoms with Crippen LogP contribution < -0.4 is 0 Å². The van der Waals surface area contributed by atoms with Crippen molar-refractivity contribution >= 4 is 44.4 Å². The maximum Gasteiger partial charge on any atom is 0.115 e. The van der Waals surface area contributed by atoms with Gasteiger partial charge < -0.3 is 13.7 Å². The van der Waals surface area contributed by atoms with Crippen molar-refractivity contribution in [3.05, 3.63) is 107 Å². The number of hydrogen-bond acceptors (Lipinski definition) is 5. The highest BCUT2D eigenvalue weighted by molar-refractivity contribution is 7.09. The molecule has 4 heterocycles. The van der Waals surface area contributed by atoms with Gasteiger partial charge in [0.05, 0.1) is 50.8 Å². The number of benzene rings is 3. The van der Waals surface area contributed by atoms with Crippen LogP contribution in [0.15, 0.2) is 84.9 Å². The van der Waals surface area contributed by atoms with Gasteiger partial charge in [-0.3, -0.25) is 0 Å². The van der Waals surface area contributed by atoms with E-state index < -0.39 is 0 Å². The van der Waals surface area contributed by atoms with Crippen molar-refractivity contribution in [2.45, 2.75) is 105 Å². The molecule has 7 aromatic rings. The third-order valence-corrected chi connectivity index (χ3v) is 9.88. The third kappa shape index (κ3) is 9.73. The van der Waals surface area contributed by atoms with Crippen molar-refractivity contribution in [2.24, 2.45) is 21.1 Å². The largest absolute Gasteiger partial charge is 0.334 e. The van der Waals surface area contributed by atoms with E-state index in [1.54, 1.807) is 11.3 Å². The summed E-state index contributed by atoms with van der Waals surface area (Å²) in [5.74, 6) is 1.14. The van der Waals surface area contributed by atoms with E-state index in [1.165, 1.54) is 32.7 Å². The van der Waals surface area contributed by atoms with Crippen molar-refractivity contribution in [3.63, 3.8) is 0 Å². The second kappa shape index (κ2) is 15.1. The lowest BCUT2D eigenvalue weighted by Crippen LogP contribution is -2.17. The SMILES string of the molecule is CC(C)(C)c1nccs1.Cn1c(C(C)(C)C)nc2ccccc21.Cn1cnc2c(C(C)(C)C)cccc21.Cn1cnc2cc(C(C)(C)C)ccc21. The molecule has 0 radical (unpaired) electrons. The summed E-state index contributed by atoms with van der Waals surface area (Å²) in [5, 5.41) is 3.23. The van der Waals surface area contributed by atoms with Gasteiger partial charge in [-0.2, -0.15) is 0 Å². The molecule has 0 saturated carbocycles. The highest BCUT2D eigenvalue weighted by Gasteiger charge is 2.21. The van der Waals surface area contributed by atoms with Gasteiger partial charge in [0.1, 0.15) is 5.82 Å². The molecule has 0 aliphatic carbocycles. The smallest absolute Gasteiger partial charge is 0.115 e. The maximum atomic E-state index is 4.65. The number of rotatable bonds is 0. The van der Waals surface area contributed by atoms with Crippen LogP contribution in [0.25, 0.3) is 33.1 Å². The lowest BCUT2D eigenvalue weighted by molar-refractivity contribution is 0.526. The van der Waals surface area contributed by atoms with E-state index in [-0.39, 0.29) is 21.7 Å². The normalized spacial score (nSPS) is 12.2. The number of hydrogen-bond donors (Lipinski definition) is 0. The highest BCUT2D eigenvalue weighted by Crippen LogP contribution is 2.29. The van der Waals surface area contributed by atoms with Crippen LogP contribution in [0.3, 0.4) is 0 Å². The molecule has 7 nitrogen and oxygen atoms in total. The highest BCUT2D eigenvalue weighted by atomic mass is 32.1. The molecule has 0 unspecified atom stereocenters. The summed E-state index contributed by atoms with van der Waals surface area (Å²) < 4.78 is 6.28. The van der Waals surface area contributed by atoms with Crippen LogP contribution in [0.4, 0.5) is 0 Å². The summed E-state index contributed by atoms with van der Waals surface area (Å²) in [6.45, 7) is 26.4. The fourth-order valence-corrected chi connectivity index (χ4v) is 6.50. The zero-order valence-corrected chi connectivity index (χ0v) is 34.4. The lowest BCUT2D eigenvalue weighted by Gasteiger charge is -2.19. The van der Waals surface area contributed by atoms with Gasteiger partial charge >= 0.3 is 0 Å². The number of aryl methyl sites for hydroxylation is 3. The molecule has 0 N–H and O–H groups in total. The van der Waals surface area contributed by atoms with Gasteiger partial charge in [-0.25, -0.2) is 19.9 Å². The average molecular weight is 706 g/mol. The molecule has 8 heteroatoms. The third-order valence-electron chi connectivity index (χ3n) is 8.69. The Kier molecular flexibility index (Phi) is 11.7. The Bertz CT molecular complexity index is 2170. The number of nitrogens with zero attached hydrogens (tertiary/aromatic N) is 7. The summed E-state index contributed by atoms with van der Waals surface area (Å²) in [5.41, 5.74) is 10.2. The second-order valence-corrected chi connectivity index (χ2v) is 18.3. The van der Waals surface area contributed by atoms with Crippen LogP contribution >= 0.6 is 11.3 Å². The Balaban J connectivity index is 0.000000154. The van der Waals surface area contributed by atoms with Gasteiger partial charge in [-0.15, -0.1) is 11.3 Å². The van der Waals surface area contributed by atoms with Crippen molar-refractivity contribution in [3.8, 4) is 0 Å². The Labute approximate surface area is 309 Å². The molecule has 7 rings (SSSR count). The minimum atomic E-state index is 0.105. The molecule has 0 aliphatic rings. The van der Waals surface area contributed by atoms with Crippen molar-refractivity contribution in [1.82, 2.24) is 33.6 Å². The van der Waals surface area contributed by atoms with E-state index in [0.29, 0.717) is 0 Å². The van der Waals surface area contributed by atoms with Crippen LogP contribution in [0, 0.1) is 0 Å². The number of imidazole rings is 3. The Hall–Kier alpha value is -4.30. The standard InChI is InChI=1S/3C12H16N2.C7H11NS/c1-12(2,3)9-5-6-11-10(7-9)13-8-14(11)4;1-12(2,3)9-6-5-7-10-11(9)13-8-14(10)4;1-12(2,3)11-13-9-7-5-6-8-10(9)14(11)4;1-7(2,3)6-8-4-5-9-6/h3*5-8H,1-4H3;4-5H,1-3H3. The van der Waals surface area contributed by atoms with Crippen LogP contribution in [0.2, 0.25) is 0 Å². The van der Waals surface area contributed by atoms with Gasteiger partial charge in [-0.05, 0) is 52.3 Å². The second-order valence-electron chi connectivity index (χ2n) is 17.4. The summed E-state index contributed by atoms with van der Waals surface area (Å²) in [6.07, 6.45) is 5.59. The van der Waals surface area contributed by atoms with Gasteiger partial charge in [0.2, 0.25) is 0 Å².